The van der Waals surface area contributed by atoms with Crippen molar-refractivity contribution in [1.82, 2.24) is 14.8 Å². The molecule has 1 fully saturated rings. The summed E-state index contributed by atoms with van der Waals surface area (Å²) in [6.45, 7) is 10.1. The van der Waals surface area contributed by atoms with E-state index < -0.39 is 0 Å². The van der Waals surface area contributed by atoms with E-state index in [9.17, 15) is 0 Å². The molecular formula is C23H35N5OS. The van der Waals surface area contributed by atoms with Crippen LogP contribution in [0, 0.1) is 0 Å². The zero-order chi connectivity index (χ0) is 20.9. The lowest BCUT2D eigenvalue weighted by Crippen LogP contribution is -2.50. The van der Waals surface area contributed by atoms with Gasteiger partial charge in [-0.1, -0.05) is 19.1 Å². The lowest BCUT2D eigenvalue weighted by Gasteiger charge is -2.39. The number of aromatic nitrogens is 1. The van der Waals surface area contributed by atoms with Gasteiger partial charge in [0.1, 0.15) is 5.75 Å². The molecular weight excluding hydrogens is 394 g/mol. The number of nitrogens with two attached hydrogens (primary N) is 1. The molecule has 164 valence electrons. The fourth-order valence-corrected chi connectivity index (χ4v) is 5.78. The summed E-state index contributed by atoms with van der Waals surface area (Å²) in [6.07, 6.45) is 4.60. The van der Waals surface area contributed by atoms with Gasteiger partial charge in [0, 0.05) is 50.2 Å². The van der Waals surface area contributed by atoms with Crippen molar-refractivity contribution in [3.63, 3.8) is 0 Å². The van der Waals surface area contributed by atoms with Crippen LogP contribution in [-0.4, -0.2) is 73.7 Å². The Labute approximate surface area is 184 Å². The van der Waals surface area contributed by atoms with E-state index in [1.807, 2.05) is 6.07 Å². The average Bonchev–Trinajstić information content (AvgIpc) is 3.16. The number of hydrogen-bond donors (Lipinski definition) is 1. The van der Waals surface area contributed by atoms with Gasteiger partial charge in [-0.25, -0.2) is 4.98 Å². The third-order valence-corrected chi connectivity index (χ3v) is 7.41. The number of anilines is 2. The zero-order valence-electron chi connectivity index (χ0n) is 18.3. The molecule has 0 bridgehead atoms. The van der Waals surface area contributed by atoms with Gasteiger partial charge in [-0.3, -0.25) is 9.80 Å². The van der Waals surface area contributed by atoms with Gasteiger partial charge in [0.2, 0.25) is 0 Å². The maximum absolute atomic E-state index is 5.94. The molecule has 30 heavy (non-hydrogen) atoms. The summed E-state index contributed by atoms with van der Waals surface area (Å²) in [5.74, 6) is 0.973. The molecule has 0 radical (unpaired) electrons. The molecule has 7 heteroatoms. The zero-order valence-corrected chi connectivity index (χ0v) is 19.2. The van der Waals surface area contributed by atoms with Crippen LogP contribution in [0.2, 0.25) is 0 Å². The number of methoxy groups -OCH3 is 1. The van der Waals surface area contributed by atoms with Crippen LogP contribution in [-0.2, 0) is 12.8 Å². The van der Waals surface area contributed by atoms with Crippen molar-refractivity contribution < 1.29 is 4.74 Å². The van der Waals surface area contributed by atoms with Crippen molar-refractivity contribution in [1.29, 1.82) is 0 Å². The minimum absolute atomic E-state index is 0.632. The van der Waals surface area contributed by atoms with Crippen LogP contribution in [0.15, 0.2) is 24.3 Å². The molecule has 2 heterocycles. The van der Waals surface area contributed by atoms with Gasteiger partial charge in [-0.15, -0.1) is 11.3 Å². The fraction of sp³-hybridized carbons (Fsp3) is 0.609. The molecule has 0 unspecified atom stereocenters. The lowest BCUT2D eigenvalue weighted by atomic mass is 9.96. The van der Waals surface area contributed by atoms with Crippen LogP contribution in [0.1, 0.15) is 30.3 Å². The summed E-state index contributed by atoms with van der Waals surface area (Å²) in [4.78, 5) is 13.7. The minimum Gasteiger partial charge on any atom is -0.495 e. The highest BCUT2D eigenvalue weighted by molar-refractivity contribution is 7.15. The molecule has 1 aliphatic carbocycles. The van der Waals surface area contributed by atoms with Crippen LogP contribution in [0.5, 0.6) is 5.75 Å². The minimum atomic E-state index is 0.632. The van der Waals surface area contributed by atoms with Crippen molar-refractivity contribution in [3.8, 4) is 5.75 Å². The molecule has 2 N–H and O–H groups in total. The van der Waals surface area contributed by atoms with Crippen molar-refractivity contribution in [2.45, 2.75) is 38.6 Å². The molecule has 4 rings (SSSR count). The van der Waals surface area contributed by atoms with Gasteiger partial charge in [-0.05, 0) is 44.4 Å². The largest absolute Gasteiger partial charge is 0.495 e. The average molecular weight is 430 g/mol. The number of piperazine rings is 1. The predicted octanol–water partition coefficient (Wildman–Crippen LogP) is 3.13. The van der Waals surface area contributed by atoms with E-state index >= 15 is 0 Å². The van der Waals surface area contributed by atoms with Crippen molar-refractivity contribution in [2.24, 2.45) is 0 Å². The van der Waals surface area contributed by atoms with E-state index in [-0.39, 0.29) is 0 Å². The fourth-order valence-electron chi connectivity index (χ4n) is 4.83. The van der Waals surface area contributed by atoms with Gasteiger partial charge in [0.15, 0.2) is 5.13 Å². The Hall–Kier alpha value is -1.83. The number of hydrogen-bond acceptors (Lipinski definition) is 7. The molecule has 2 aromatic rings. The van der Waals surface area contributed by atoms with Gasteiger partial charge < -0.3 is 15.4 Å². The molecule has 1 saturated heterocycles. The number of ether oxygens (including phenoxy) is 1. The highest BCUT2D eigenvalue weighted by atomic mass is 32.1. The SMILES string of the molecule is CCCN(CCN1CCN(c2ccccc2OC)CC1)[C@@H]1CCc2nc(N)sc2C1. The Morgan fingerprint density at radius 2 is 2.00 bits per heavy atom. The monoisotopic (exact) mass is 429 g/mol. The van der Waals surface area contributed by atoms with E-state index in [0.29, 0.717) is 6.04 Å². The number of benzene rings is 1. The van der Waals surface area contributed by atoms with Crippen LogP contribution < -0.4 is 15.4 Å². The second-order valence-electron chi connectivity index (χ2n) is 8.36. The Balaban J connectivity index is 1.29. The van der Waals surface area contributed by atoms with Crippen molar-refractivity contribution in [3.05, 3.63) is 34.8 Å². The first kappa shape index (κ1) is 21.4. The number of nitrogens with zero attached hydrogens (tertiary/aromatic N) is 4. The summed E-state index contributed by atoms with van der Waals surface area (Å²) < 4.78 is 5.55. The first-order valence-corrected chi connectivity index (χ1v) is 12.1. The van der Waals surface area contributed by atoms with E-state index in [1.54, 1.807) is 18.4 Å². The van der Waals surface area contributed by atoms with Crippen molar-refractivity contribution in [2.75, 3.05) is 63.6 Å². The highest BCUT2D eigenvalue weighted by Crippen LogP contribution is 2.31. The number of thiazole rings is 1. The molecule has 0 saturated carbocycles. The molecule has 1 aromatic carbocycles. The quantitative estimate of drug-likeness (QED) is 0.696. The molecule has 0 spiro atoms. The summed E-state index contributed by atoms with van der Waals surface area (Å²) in [6, 6.07) is 8.99. The lowest BCUT2D eigenvalue weighted by molar-refractivity contribution is 0.146. The van der Waals surface area contributed by atoms with Crippen molar-refractivity contribution >= 4 is 22.2 Å². The van der Waals surface area contributed by atoms with Crippen LogP contribution in [0.25, 0.3) is 0 Å². The Kier molecular flexibility index (Phi) is 7.12. The number of fused-ring (bicyclic) bond motifs is 1. The number of para-hydroxylation sites is 2. The van der Waals surface area contributed by atoms with E-state index in [2.05, 4.69) is 44.8 Å². The van der Waals surface area contributed by atoms with Gasteiger partial charge in [0.05, 0.1) is 18.5 Å². The second kappa shape index (κ2) is 9.98. The third-order valence-electron chi connectivity index (χ3n) is 6.46. The Morgan fingerprint density at radius 1 is 1.20 bits per heavy atom. The summed E-state index contributed by atoms with van der Waals surface area (Å²) >= 11 is 1.69. The van der Waals surface area contributed by atoms with Gasteiger partial charge in [-0.2, -0.15) is 0 Å². The molecule has 1 aromatic heterocycles. The predicted molar refractivity (Wildman–Crippen MR) is 126 cm³/mol. The maximum Gasteiger partial charge on any atom is 0.180 e. The molecule has 2 aliphatic rings. The molecule has 0 amide bonds. The number of rotatable bonds is 8. The van der Waals surface area contributed by atoms with Crippen LogP contribution >= 0.6 is 11.3 Å². The third kappa shape index (κ3) is 4.90. The van der Waals surface area contributed by atoms with E-state index in [1.165, 1.54) is 35.6 Å². The smallest absolute Gasteiger partial charge is 0.180 e. The summed E-state index contributed by atoms with van der Waals surface area (Å²) in [5, 5.41) is 0.732. The van der Waals surface area contributed by atoms with E-state index in [4.69, 9.17) is 10.5 Å². The number of aryl methyl sites for hydroxylation is 1. The molecule has 6 nitrogen and oxygen atoms in total. The van der Waals surface area contributed by atoms with E-state index in [0.717, 1.165) is 63.0 Å². The highest BCUT2D eigenvalue weighted by Gasteiger charge is 2.27. The molecule has 1 atom stereocenters. The van der Waals surface area contributed by atoms with Gasteiger partial charge in [0.25, 0.3) is 0 Å². The number of nitrogen functional groups attached to an aromatic ring is 1. The first-order chi connectivity index (χ1) is 14.7. The second-order valence-corrected chi connectivity index (χ2v) is 9.47. The normalized spacial score (nSPS) is 19.8. The maximum atomic E-state index is 5.94. The van der Waals surface area contributed by atoms with Crippen LogP contribution in [0.4, 0.5) is 10.8 Å². The summed E-state index contributed by atoms with van der Waals surface area (Å²) in [5.41, 5.74) is 8.41. The first-order valence-electron chi connectivity index (χ1n) is 11.3. The standard InChI is InChI=1S/C23H35N5OS/c1-3-10-27(18-8-9-19-22(17-18)30-23(24)25-19)14-11-26-12-15-28(16-13-26)20-6-4-5-7-21(20)29-2/h4-7,18H,3,8-17H2,1-2H3,(H2,24,25)/t18-/m1/s1. The molecule has 1 aliphatic heterocycles. The Morgan fingerprint density at radius 3 is 2.77 bits per heavy atom. The topological polar surface area (TPSA) is 57.9 Å². The summed E-state index contributed by atoms with van der Waals surface area (Å²) in [7, 11) is 1.76. The Bertz CT molecular complexity index is 818. The van der Waals surface area contributed by atoms with Gasteiger partial charge >= 0.3 is 0 Å². The van der Waals surface area contributed by atoms with Crippen LogP contribution in [0.3, 0.4) is 0 Å².